The largest absolute Gasteiger partial charge is 0.393 e. The summed E-state index contributed by atoms with van der Waals surface area (Å²) in [6.07, 6.45) is 31.3. The molecule has 0 fully saturated rings. The van der Waals surface area contributed by atoms with Crippen molar-refractivity contribution in [3.05, 3.63) is 0 Å². The van der Waals surface area contributed by atoms with E-state index in [0.29, 0.717) is 0 Å². The normalized spacial score (nSPS) is 13.6. The van der Waals surface area contributed by atoms with Gasteiger partial charge in [-0.1, -0.05) is 142 Å². The molecule has 2 unspecified atom stereocenters. The minimum Gasteiger partial charge on any atom is -0.393 e. The average molecular weight is 427 g/mol. The molecule has 0 saturated carbocycles. The van der Waals surface area contributed by atoms with E-state index in [1.54, 1.807) is 0 Å². The number of unbranched alkanes of at least 4 members (excludes halogenated alkanes) is 19. The molecule has 30 heavy (non-hydrogen) atoms. The van der Waals surface area contributed by atoms with Crippen LogP contribution in [0.5, 0.6) is 0 Å². The van der Waals surface area contributed by atoms with Gasteiger partial charge in [-0.05, 0) is 26.2 Å². The minimum atomic E-state index is -0.193. The molecule has 2 nitrogen and oxygen atoms in total. The molecule has 0 heterocycles. The third-order valence-corrected chi connectivity index (χ3v) is 6.55. The van der Waals surface area contributed by atoms with Gasteiger partial charge >= 0.3 is 0 Å². The first kappa shape index (κ1) is 29.9. The lowest BCUT2D eigenvalue weighted by atomic mass is 10.0. The Morgan fingerprint density at radius 2 is 0.667 bits per heavy atom. The SMILES string of the molecule is CCCCCCCCCCCCCCCCCCCCCC(O)CCCCC(C)O. The monoisotopic (exact) mass is 426 g/mol. The summed E-state index contributed by atoms with van der Waals surface area (Å²) in [5, 5.41) is 19.2. The van der Waals surface area contributed by atoms with E-state index in [1.807, 2.05) is 6.92 Å². The fourth-order valence-corrected chi connectivity index (χ4v) is 4.42. The maximum atomic E-state index is 10.00. The molecule has 2 N–H and O–H groups in total. The Hall–Kier alpha value is -0.0800. The van der Waals surface area contributed by atoms with E-state index in [1.165, 1.54) is 122 Å². The van der Waals surface area contributed by atoms with E-state index in [9.17, 15) is 10.2 Å². The first-order valence-corrected chi connectivity index (χ1v) is 14.0. The van der Waals surface area contributed by atoms with Gasteiger partial charge in [0.05, 0.1) is 12.2 Å². The van der Waals surface area contributed by atoms with Crippen LogP contribution >= 0.6 is 0 Å². The second kappa shape index (κ2) is 25.2. The van der Waals surface area contributed by atoms with Crippen LogP contribution in [0.2, 0.25) is 0 Å². The fourth-order valence-electron chi connectivity index (χ4n) is 4.42. The number of aliphatic hydroxyl groups excluding tert-OH is 2. The van der Waals surface area contributed by atoms with Gasteiger partial charge < -0.3 is 10.2 Å². The maximum Gasteiger partial charge on any atom is 0.0540 e. The lowest BCUT2D eigenvalue weighted by molar-refractivity contribution is 0.141. The number of aliphatic hydroxyl groups is 2. The van der Waals surface area contributed by atoms with Crippen LogP contribution in [0.25, 0.3) is 0 Å². The lowest BCUT2D eigenvalue weighted by Crippen LogP contribution is -2.07. The molecule has 0 radical (unpaired) electrons. The van der Waals surface area contributed by atoms with Crippen molar-refractivity contribution in [2.45, 2.75) is 180 Å². The van der Waals surface area contributed by atoms with Gasteiger partial charge in [-0.15, -0.1) is 0 Å². The van der Waals surface area contributed by atoms with Gasteiger partial charge in [-0.3, -0.25) is 0 Å². The Morgan fingerprint density at radius 1 is 0.400 bits per heavy atom. The molecular formula is C28H58O2. The number of hydrogen-bond donors (Lipinski definition) is 2. The van der Waals surface area contributed by atoms with Crippen LogP contribution in [0.3, 0.4) is 0 Å². The summed E-state index contributed by atoms with van der Waals surface area (Å²) < 4.78 is 0. The van der Waals surface area contributed by atoms with Crippen LogP contribution in [-0.4, -0.2) is 22.4 Å². The van der Waals surface area contributed by atoms with E-state index >= 15 is 0 Å². The zero-order chi connectivity index (χ0) is 22.1. The molecule has 0 saturated heterocycles. The summed E-state index contributed by atoms with van der Waals surface area (Å²) in [5.41, 5.74) is 0. The van der Waals surface area contributed by atoms with Crippen molar-refractivity contribution in [1.82, 2.24) is 0 Å². The van der Waals surface area contributed by atoms with Crippen molar-refractivity contribution >= 4 is 0 Å². The van der Waals surface area contributed by atoms with Crippen LogP contribution in [0, 0.1) is 0 Å². The molecule has 0 rings (SSSR count). The Balaban J connectivity index is 3.09. The summed E-state index contributed by atoms with van der Waals surface area (Å²) in [5.74, 6) is 0. The molecule has 0 aliphatic carbocycles. The predicted octanol–water partition coefficient (Wildman–Crippen LogP) is 9.11. The molecule has 0 aromatic rings. The molecule has 0 aliphatic heterocycles. The van der Waals surface area contributed by atoms with Crippen LogP contribution in [-0.2, 0) is 0 Å². The molecule has 2 heteroatoms. The fraction of sp³-hybridized carbons (Fsp3) is 1.00. The second-order valence-electron chi connectivity index (χ2n) is 9.94. The molecule has 0 amide bonds. The lowest BCUT2D eigenvalue weighted by Gasteiger charge is -2.10. The quantitative estimate of drug-likeness (QED) is 0.143. The van der Waals surface area contributed by atoms with Crippen LogP contribution < -0.4 is 0 Å². The standard InChI is InChI=1S/C28H58O2/c1-3-4-5-6-7-8-9-10-11-12-13-14-15-16-17-18-19-20-21-25-28(30)26-23-22-24-27(2)29/h27-30H,3-26H2,1-2H3. The van der Waals surface area contributed by atoms with Crippen molar-refractivity contribution in [2.24, 2.45) is 0 Å². The highest BCUT2D eigenvalue weighted by Crippen LogP contribution is 2.16. The van der Waals surface area contributed by atoms with Gasteiger partial charge in [0, 0.05) is 0 Å². The van der Waals surface area contributed by atoms with Crippen molar-refractivity contribution in [3.8, 4) is 0 Å². The highest BCUT2D eigenvalue weighted by atomic mass is 16.3. The maximum absolute atomic E-state index is 10.00. The molecule has 0 aliphatic rings. The van der Waals surface area contributed by atoms with Crippen molar-refractivity contribution in [3.63, 3.8) is 0 Å². The van der Waals surface area contributed by atoms with Gasteiger partial charge in [0.15, 0.2) is 0 Å². The summed E-state index contributed by atoms with van der Waals surface area (Å²) in [6.45, 7) is 4.13. The van der Waals surface area contributed by atoms with Gasteiger partial charge in [-0.25, -0.2) is 0 Å². The Morgan fingerprint density at radius 3 is 1.00 bits per heavy atom. The van der Waals surface area contributed by atoms with Crippen LogP contribution in [0.1, 0.15) is 168 Å². The molecular weight excluding hydrogens is 368 g/mol. The van der Waals surface area contributed by atoms with E-state index in [0.717, 1.165) is 32.1 Å². The number of hydrogen-bond acceptors (Lipinski definition) is 2. The van der Waals surface area contributed by atoms with Crippen LogP contribution in [0.4, 0.5) is 0 Å². The van der Waals surface area contributed by atoms with E-state index in [2.05, 4.69) is 6.92 Å². The van der Waals surface area contributed by atoms with Gasteiger partial charge in [-0.2, -0.15) is 0 Å². The third kappa shape index (κ3) is 26.0. The number of rotatable bonds is 25. The van der Waals surface area contributed by atoms with E-state index in [-0.39, 0.29) is 12.2 Å². The van der Waals surface area contributed by atoms with Crippen molar-refractivity contribution < 1.29 is 10.2 Å². The average Bonchev–Trinajstić information content (AvgIpc) is 2.72. The highest BCUT2D eigenvalue weighted by Gasteiger charge is 2.04. The van der Waals surface area contributed by atoms with Crippen LogP contribution in [0.15, 0.2) is 0 Å². The molecule has 0 aromatic carbocycles. The summed E-state index contributed by atoms with van der Waals surface area (Å²) in [4.78, 5) is 0. The topological polar surface area (TPSA) is 40.5 Å². The first-order valence-electron chi connectivity index (χ1n) is 14.0. The van der Waals surface area contributed by atoms with Gasteiger partial charge in [0.2, 0.25) is 0 Å². The summed E-state index contributed by atoms with van der Waals surface area (Å²) in [6, 6.07) is 0. The van der Waals surface area contributed by atoms with Gasteiger partial charge in [0.1, 0.15) is 0 Å². The molecule has 0 spiro atoms. The van der Waals surface area contributed by atoms with Crippen molar-refractivity contribution in [2.75, 3.05) is 0 Å². The summed E-state index contributed by atoms with van der Waals surface area (Å²) >= 11 is 0. The molecule has 182 valence electrons. The van der Waals surface area contributed by atoms with E-state index < -0.39 is 0 Å². The van der Waals surface area contributed by atoms with Crippen molar-refractivity contribution in [1.29, 1.82) is 0 Å². The molecule has 0 aromatic heterocycles. The Bertz CT molecular complexity index is 303. The minimum absolute atomic E-state index is 0.121. The zero-order valence-corrected chi connectivity index (χ0v) is 21.0. The van der Waals surface area contributed by atoms with Gasteiger partial charge in [0.25, 0.3) is 0 Å². The smallest absolute Gasteiger partial charge is 0.0540 e. The summed E-state index contributed by atoms with van der Waals surface area (Å²) in [7, 11) is 0. The molecule has 0 bridgehead atoms. The first-order chi connectivity index (χ1) is 14.7. The zero-order valence-electron chi connectivity index (χ0n) is 21.0. The Kier molecular flexibility index (Phi) is 25.1. The third-order valence-electron chi connectivity index (χ3n) is 6.55. The molecule has 2 atom stereocenters. The predicted molar refractivity (Wildman–Crippen MR) is 134 cm³/mol. The Labute approximate surface area is 190 Å². The highest BCUT2D eigenvalue weighted by molar-refractivity contribution is 4.58. The second-order valence-corrected chi connectivity index (χ2v) is 9.94. The van der Waals surface area contributed by atoms with E-state index in [4.69, 9.17) is 0 Å².